The van der Waals surface area contributed by atoms with Gasteiger partial charge in [0.05, 0.1) is 12.7 Å². The first-order valence-electron chi connectivity index (χ1n) is 8.08. The highest BCUT2D eigenvalue weighted by Crippen LogP contribution is 2.18. The number of rotatable bonds is 6. The summed E-state index contributed by atoms with van der Waals surface area (Å²) in [6, 6.07) is 12.7. The molecule has 0 aliphatic heterocycles. The first kappa shape index (κ1) is 17.3. The van der Waals surface area contributed by atoms with Gasteiger partial charge in [-0.25, -0.2) is 9.78 Å². The lowest BCUT2D eigenvalue weighted by Gasteiger charge is -2.10. The van der Waals surface area contributed by atoms with E-state index in [0.29, 0.717) is 23.9 Å². The van der Waals surface area contributed by atoms with Crippen LogP contribution in [0.5, 0.6) is 0 Å². The standard InChI is InChI=1S/C19H19N5O2/c1-13-9-17(23-16-7-3-6-15(10-16)18(25)26-2)24-19(22-13)21-12-14-5-4-8-20-11-14/h3-11H,12H2,1-2H3,(H2,21,22,23,24). The number of nitrogens with one attached hydrogen (secondary N) is 2. The van der Waals surface area contributed by atoms with Crippen LogP contribution in [0.25, 0.3) is 0 Å². The molecule has 0 radical (unpaired) electrons. The number of hydrogen-bond acceptors (Lipinski definition) is 7. The lowest BCUT2D eigenvalue weighted by atomic mass is 10.2. The number of pyridine rings is 1. The van der Waals surface area contributed by atoms with Crippen molar-refractivity contribution in [2.75, 3.05) is 17.7 Å². The molecule has 0 aliphatic carbocycles. The van der Waals surface area contributed by atoms with E-state index < -0.39 is 0 Å². The Balaban J connectivity index is 1.74. The maximum atomic E-state index is 11.7. The summed E-state index contributed by atoms with van der Waals surface area (Å²) in [6.07, 6.45) is 3.53. The molecule has 0 bridgehead atoms. The molecule has 0 fully saturated rings. The van der Waals surface area contributed by atoms with E-state index in [9.17, 15) is 4.79 Å². The molecule has 7 heteroatoms. The third kappa shape index (κ3) is 4.54. The molecule has 0 aliphatic rings. The Morgan fingerprint density at radius 1 is 1.15 bits per heavy atom. The highest BCUT2D eigenvalue weighted by Gasteiger charge is 2.07. The molecule has 0 amide bonds. The zero-order chi connectivity index (χ0) is 18.4. The number of nitrogens with zero attached hydrogens (tertiary/aromatic N) is 3. The molecule has 0 saturated carbocycles. The fourth-order valence-corrected chi connectivity index (χ4v) is 2.39. The normalized spacial score (nSPS) is 10.2. The lowest BCUT2D eigenvalue weighted by Crippen LogP contribution is -2.07. The van der Waals surface area contributed by atoms with Crippen LogP contribution in [0.15, 0.2) is 54.9 Å². The smallest absolute Gasteiger partial charge is 0.337 e. The number of aryl methyl sites for hydroxylation is 1. The summed E-state index contributed by atoms with van der Waals surface area (Å²) in [7, 11) is 1.36. The van der Waals surface area contributed by atoms with Crippen molar-refractivity contribution >= 4 is 23.4 Å². The van der Waals surface area contributed by atoms with Crippen molar-refractivity contribution in [3.63, 3.8) is 0 Å². The fourth-order valence-electron chi connectivity index (χ4n) is 2.39. The molecule has 0 spiro atoms. The quantitative estimate of drug-likeness (QED) is 0.660. The monoisotopic (exact) mass is 349 g/mol. The molecule has 2 N–H and O–H groups in total. The van der Waals surface area contributed by atoms with Crippen LogP contribution in [-0.4, -0.2) is 28.0 Å². The number of esters is 1. The van der Waals surface area contributed by atoms with E-state index in [1.165, 1.54) is 7.11 Å². The van der Waals surface area contributed by atoms with Crippen molar-refractivity contribution in [2.24, 2.45) is 0 Å². The third-order valence-corrected chi connectivity index (χ3v) is 3.58. The SMILES string of the molecule is COC(=O)c1cccc(Nc2cc(C)nc(NCc3cccnc3)n2)c1. The predicted molar refractivity (Wildman–Crippen MR) is 99.4 cm³/mol. The lowest BCUT2D eigenvalue weighted by molar-refractivity contribution is 0.0601. The van der Waals surface area contributed by atoms with Gasteiger partial charge in [0.2, 0.25) is 5.95 Å². The van der Waals surface area contributed by atoms with Crippen LogP contribution in [0.1, 0.15) is 21.6 Å². The van der Waals surface area contributed by atoms with Gasteiger partial charge in [0.25, 0.3) is 0 Å². The second-order valence-electron chi connectivity index (χ2n) is 5.63. The Kier molecular flexibility index (Phi) is 5.38. The van der Waals surface area contributed by atoms with Crippen LogP contribution in [0.3, 0.4) is 0 Å². The Labute approximate surface area is 151 Å². The van der Waals surface area contributed by atoms with Crippen LogP contribution < -0.4 is 10.6 Å². The summed E-state index contributed by atoms with van der Waals surface area (Å²) >= 11 is 0. The number of hydrogen-bond donors (Lipinski definition) is 2. The third-order valence-electron chi connectivity index (χ3n) is 3.58. The van der Waals surface area contributed by atoms with E-state index in [-0.39, 0.29) is 5.97 Å². The van der Waals surface area contributed by atoms with E-state index >= 15 is 0 Å². The number of carbonyl (C=O) groups is 1. The highest BCUT2D eigenvalue weighted by molar-refractivity contribution is 5.90. The van der Waals surface area contributed by atoms with Crippen LogP contribution >= 0.6 is 0 Å². The van der Waals surface area contributed by atoms with Gasteiger partial charge in [0.1, 0.15) is 5.82 Å². The first-order valence-corrected chi connectivity index (χ1v) is 8.08. The molecule has 3 rings (SSSR count). The van der Waals surface area contributed by atoms with Gasteiger partial charge in [-0.05, 0) is 36.8 Å². The number of anilines is 3. The molecule has 3 aromatic rings. The largest absolute Gasteiger partial charge is 0.465 e. The summed E-state index contributed by atoms with van der Waals surface area (Å²) < 4.78 is 4.75. The molecule has 2 heterocycles. The van der Waals surface area contributed by atoms with Gasteiger partial charge >= 0.3 is 5.97 Å². The number of aromatic nitrogens is 3. The zero-order valence-corrected chi connectivity index (χ0v) is 14.6. The second-order valence-corrected chi connectivity index (χ2v) is 5.63. The maximum absolute atomic E-state index is 11.7. The molecule has 132 valence electrons. The topological polar surface area (TPSA) is 89.0 Å². The molecule has 1 aromatic carbocycles. The Morgan fingerprint density at radius 3 is 2.81 bits per heavy atom. The van der Waals surface area contributed by atoms with Crippen molar-refractivity contribution in [1.29, 1.82) is 0 Å². The summed E-state index contributed by atoms with van der Waals surface area (Å²) in [6.45, 7) is 2.47. The molecule has 7 nitrogen and oxygen atoms in total. The van der Waals surface area contributed by atoms with E-state index in [2.05, 4.69) is 25.6 Å². The minimum atomic E-state index is -0.383. The summed E-state index contributed by atoms with van der Waals surface area (Å²) in [5.74, 6) is 0.764. The molecule has 26 heavy (non-hydrogen) atoms. The molecule has 0 saturated heterocycles. The van der Waals surface area contributed by atoms with Gasteiger partial charge in [-0.15, -0.1) is 0 Å². The highest BCUT2D eigenvalue weighted by atomic mass is 16.5. The molecule has 2 aromatic heterocycles. The van der Waals surface area contributed by atoms with Gasteiger partial charge in [-0.3, -0.25) is 4.98 Å². The minimum absolute atomic E-state index is 0.383. The molecular weight excluding hydrogens is 330 g/mol. The molecule has 0 atom stereocenters. The summed E-state index contributed by atoms with van der Waals surface area (Å²) in [5, 5.41) is 6.38. The van der Waals surface area contributed by atoms with Crippen LogP contribution in [0.2, 0.25) is 0 Å². The van der Waals surface area contributed by atoms with Gasteiger partial charge in [0.15, 0.2) is 0 Å². The van der Waals surface area contributed by atoms with Gasteiger partial charge < -0.3 is 15.4 Å². The summed E-state index contributed by atoms with van der Waals surface area (Å²) in [4.78, 5) is 24.6. The van der Waals surface area contributed by atoms with E-state index in [1.54, 1.807) is 30.6 Å². The first-order chi connectivity index (χ1) is 12.6. The number of benzene rings is 1. The van der Waals surface area contributed by atoms with Crippen molar-refractivity contribution in [1.82, 2.24) is 15.0 Å². The Bertz CT molecular complexity index is 899. The van der Waals surface area contributed by atoms with E-state index in [0.717, 1.165) is 16.9 Å². The predicted octanol–water partition coefficient (Wildman–Crippen LogP) is 3.32. The van der Waals surface area contributed by atoms with E-state index in [4.69, 9.17) is 4.74 Å². The van der Waals surface area contributed by atoms with Crippen molar-refractivity contribution in [3.8, 4) is 0 Å². The zero-order valence-electron chi connectivity index (χ0n) is 14.6. The second kappa shape index (κ2) is 8.06. The molecular formula is C19H19N5O2. The minimum Gasteiger partial charge on any atom is -0.465 e. The Hall–Kier alpha value is -3.48. The van der Waals surface area contributed by atoms with Gasteiger partial charge in [0, 0.05) is 36.4 Å². The summed E-state index contributed by atoms with van der Waals surface area (Å²) in [5.41, 5.74) is 3.07. The van der Waals surface area contributed by atoms with Crippen LogP contribution in [0, 0.1) is 6.92 Å². The van der Waals surface area contributed by atoms with Gasteiger partial charge in [-0.1, -0.05) is 12.1 Å². The maximum Gasteiger partial charge on any atom is 0.337 e. The van der Waals surface area contributed by atoms with E-state index in [1.807, 2.05) is 31.2 Å². The average molecular weight is 349 g/mol. The average Bonchev–Trinajstić information content (AvgIpc) is 2.66. The fraction of sp³-hybridized carbons (Fsp3) is 0.158. The van der Waals surface area contributed by atoms with Crippen molar-refractivity contribution in [3.05, 3.63) is 71.7 Å². The Morgan fingerprint density at radius 2 is 2.04 bits per heavy atom. The van der Waals surface area contributed by atoms with Crippen LogP contribution in [-0.2, 0) is 11.3 Å². The number of carbonyl (C=O) groups excluding carboxylic acids is 1. The molecule has 0 unspecified atom stereocenters. The number of ether oxygens (including phenoxy) is 1. The van der Waals surface area contributed by atoms with Gasteiger partial charge in [-0.2, -0.15) is 4.98 Å². The number of methoxy groups -OCH3 is 1. The van der Waals surface area contributed by atoms with Crippen LogP contribution in [0.4, 0.5) is 17.5 Å². The van der Waals surface area contributed by atoms with Crippen molar-refractivity contribution in [2.45, 2.75) is 13.5 Å². The van der Waals surface area contributed by atoms with Crippen molar-refractivity contribution < 1.29 is 9.53 Å².